The van der Waals surface area contributed by atoms with Crippen molar-refractivity contribution in [1.82, 2.24) is 4.98 Å². The van der Waals surface area contributed by atoms with Gasteiger partial charge in [-0.1, -0.05) is 13.8 Å². The minimum absolute atomic E-state index is 0.0199. The maximum Gasteiger partial charge on any atom is 0.287 e. The number of anilines is 1. The Kier molecular flexibility index (Phi) is 4.04. The van der Waals surface area contributed by atoms with Gasteiger partial charge in [-0.25, -0.2) is 4.98 Å². The fourth-order valence-corrected chi connectivity index (χ4v) is 1.50. The van der Waals surface area contributed by atoms with Gasteiger partial charge in [0.25, 0.3) is 5.69 Å². The first-order chi connectivity index (χ1) is 7.91. The average Bonchev–Trinajstić information content (AvgIpc) is 2.31. The molecule has 0 amide bonds. The monoisotopic (exact) mass is 237 g/mol. The first-order valence-electron chi connectivity index (χ1n) is 5.81. The van der Waals surface area contributed by atoms with Gasteiger partial charge in [0.2, 0.25) is 0 Å². The lowest BCUT2D eigenvalue weighted by Crippen LogP contribution is -2.33. The number of aromatic nitrogens is 1. The van der Waals surface area contributed by atoms with Gasteiger partial charge in [0.15, 0.2) is 0 Å². The van der Waals surface area contributed by atoms with E-state index < -0.39 is 4.92 Å². The second kappa shape index (κ2) is 5.12. The molecule has 1 aromatic rings. The molecule has 0 radical (unpaired) electrons. The van der Waals surface area contributed by atoms with E-state index in [2.05, 4.69) is 31.1 Å². The zero-order valence-electron chi connectivity index (χ0n) is 10.8. The fraction of sp³-hybridized carbons (Fsp3) is 0.583. The summed E-state index contributed by atoms with van der Waals surface area (Å²) in [6, 6.07) is 1.54. The summed E-state index contributed by atoms with van der Waals surface area (Å²) in [5, 5.41) is 14.0. The third kappa shape index (κ3) is 3.15. The number of nitrogens with one attached hydrogen (secondary N) is 1. The highest BCUT2D eigenvalue weighted by molar-refractivity contribution is 5.49. The molecule has 0 spiro atoms. The van der Waals surface area contributed by atoms with Crippen LogP contribution in [0.1, 0.15) is 39.2 Å². The van der Waals surface area contributed by atoms with E-state index in [1.54, 1.807) is 6.07 Å². The summed E-state index contributed by atoms with van der Waals surface area (Å²) < 4.78 is 0. The number of aryl methyl sites for hydroxylation is 1. The highest BCUT2D eigenvalue weighted by Crippen LogP contribution is 2.24. The van der Waals surface area contributed by atoms with Crippen LogP contribution in [0, 0.1) is 17.0 Å². The molecule has 0 unspecified atom stereocenters. The molecule has 0 aliphatic heterocycles. The molecule has 5 heteroatoms. The molecule has 0 fully saturated rings. The molecule has 17 heavy (non-hydrogen) atoms. The summed E-state index contributed by atoms with van der Waals surface area (Å²) in [5.74, 6) is 0.724. The van der Waals surface area contributed by atoms with Crippen LogP contribution in [0.2, 0.25) is 0 Å². The highest BCUT2D eigenvalue weighted by atomic mass is 16.6. The molecular formula is C12H19N3O2. The predicted octanol–water partition coefficient (Wildman–Crippen LogP) is 3.29. The summed E-state index contributed by atoms with van der Waals surface area (Å²) in [5.41, 5.74) is 0.809. The molecule has 1 heterocycles. The van der Waals surface area contributed by atoms with Gasteiger partial charge in [0, 0.05) is 11.6 Å². The van der Waals surface area contributed by atoms with Crippen molar-refractivity contribution >= 4 is 11.5 Å². The fourth-order valence-electron chi connectivity index (χ4n) is 1.50. The van der Waals surface area contributed by atoms with Crippen LogP contribution in [0.4, 0.5) is 11.5 Å². The highest BCUT2D eigenvalue weighted by Gasteiger charge is 2.21. The van der Waals surface area contributed by atoms with E-state index in [-0.39, 0.29) is 11.2 Å². The van der Waals surface area contributed by atoms with Gasteiger partial charge < -0.3 is 5.32 Å². The van der Waals surface area contributed by atoms with E-state index >= 15 is 0 Å². The SMILES string of the molecule is CCC(C)(CC)Nc1ncc([N+](=O)[O-])cc1C. The number of rotatable bonds is 5. The van der Waals surface area contributed by atoms with E-state index in [9.17, 15) is 10.1 Å². The lowest BCUT2D eigenvalue weighted by Gasteiger charge is -2.29. The topological polar surface area (TPSA) is 68.1 Å². The van der Waals surface area contributed by atoms with Crippen molar-refractivity contribution in [2.75, 3.05) is 5.32 Å². The lowest BCUT2D eigenvalue weighted by atomic mass is 9.95. The zero-order chi connectivity index (χ0) is 13.1. The van der Waals surface area contributed by atoms with Crippen molar-refractivity contribution < 1.29 is 4.92 Å². The number of nitro groups is 1. The predicted molar refractivity (Wildman–Crippen MR) is 68.2 cm³/mol. The Labute approximate surface area is 101 Å². The van der Waals surface area contributed by atoms with Crippen LogP contribution >= 0.6 is 0 Å². The van der Waals surface area contributed by atoms with Crippen LogP contribution in [0.5, 0.6) is 0 Å². The molecule has 94 valence electrons. The molecule has 0 saturated heterocycles. The molecule has 0 bridgehead atoms. The van der Waals surface area contributed by atoms with Crippen molar-refractivity contribution in [2.45, 2.75) is 46.1 Å². The van der Waals surface area contributed by atoms with Crippen LogP contribution in [0.3, 0.4) is 0 Å². The third-order valence-corrected chi connectivity index (χ3v) is 3.26. The van der Waals surface area contributed by atoms with Crippen LogP contribution in [0.15, 0.2) is 12.3 Å². The van der Waals surface area contributed by atoms with E-state index in [1.165, 1.54) is 6.20 Å². The normalized spacial score (nSPS) is 11.3. The molecule has 0 aliphatic rings. The molecule has 1 aromatic heterocycles. The third-order valence-electron chi connectivity index (χ3n) is 3.26. The van der Waals surface area contributed by atoms with Crippen LogP contribution in [-0.2, 0) is 0 Å². The molecule has 1 rings (SSSR count). The van der Waals surface area contributed by atoms with Gasteiger partial charge in [-0.2, -0.15) is 0 Å². The Morgan fingerprint density at radius 2 is 2.06 bits per heavy atom. The minimum atomic E-state index is -0.428. The van der Waals surface area contributed by atoms with Crippen molar-refractivity contribution in [3.63, 3.8) is 0 Å². The maximum absolute atomic E-state index is 10.6. The number of pyridine rings is 1. The van der Waals surface area contributed by atoms with Gasteiger partial charge in [0.1, 0.15) is 12.0 Å². The van der Waals surface area contributed by atoms with Crippen LogP contribution < -0.4 is 5.32 Å². The smallest absolute Gasteiger partial charge is 0.287 e. The summed E-state index contributed by atoms with van der Waals surface area (Å²) in [6.45, 7) is 8.16. The molecular weight excluding hydrogens is 218 g/mol. The molecule has 0 atom stereocenters. The van der Waals surface area contributed by atoms with E-state index in [4.69, 9.17) is 0 Å². The molecule has 0 saturated carbocycles. The Morgan fingerprint density at radius 1 is 1.47 bits per heavy atom. The second-order valence-corrected chi connectivity index (χ2v) is 4.51. The van der Waals surface area contributed by atoms with Crippen LogP contribution in [0.25, 0.3) is 0 Å². The quantitative estimate of drug-likeness (QED) is 0.630. The second-order valence-electron chi connectivity index (χ2n) is 4.51. The van der Waals surface area contributed by atoms with E-state index in [0.717, 1.165) is 24.2 Å². The van der Waals surface area contributed by atoms with Gasteiger partial charge in [-0.3, -0.25) is 10.1 Å². The Balaban J connectivity index is 2.97. The summed E-state index contributed by atoms with van der Waals surface area (Å²) in [7, 11) is 0. The van der Waals surface area contributed by atoms with Crippen LogP contribution in [-0.4, -0.2) is 15.4 Å². The van der Waals surface area contributed by atoms with Crippen molar-refractivity contribution in [3.8, 4) is 0 Å². The summed E-state index contributed by atoms with van der Waals surface area (Å²) in [6.07, 6.45) is 3.24. The number of hydrogen-bond acceptors (Lipinski definition) is 4. The molecule has 5 nitrogen and oxygen atoms in total. The first-order valence-corrected chi connectivity index (χ1v) is 5.81. The van der Waals surface area contributed by atoms with E-state index in [0.29, 0.717) is 0 Å². The maximum atomic E-state index is 10.6. The largest absolute Gasteiger partial charge is 0.365 e. The zero-order valence-corrected chi connectivity index (χ0v) is 10.8. The Morgan fingerprint density at radius 3 is 2.47 bits per heavy atom. The standard InChI is InChI=1S/C12H19N3O2/c1-5-12(4,6-2)14-11-9(3)7-10(8-13-11)15(16)17/h7-8H,5-6H2,1-4H3,(H,13,14). The van der Waals surface area contributed by atoms with E-state index in [1.807, 2.05) is 6.92 Å². The average molecular weight is 237 g/mol. The summed E-state index contributed by atoms with van der Waals surface area (Å²) in [4.78, 5) is 14.3. The Bertz CT molecular complexity index is 414. The Hall–Kier alpha value is -1.65. The first kappa shape index (κ1) is 13.4. The van der Waals surface area contributed by atoms with Crippen molar-refractivity contribution in [3.05, 3.63) is 27.9 Å². The number of hydrogen-bond donors (Lipinski definition) is 1. The molecule has 0 aliphatic carbocycles. The van der Waals surface area contributed by atoms with Gasteiger partial charge >= 0.3 is 0 Å². The minimum Gasteiger partial charge on any atom is -0.365 e. The molecule has 0 aromatic carbocycles. The van der Waals surface area contributed by atoms with Crippen molar-refractivity contribution in [1.29, 1.82) is 0 Å². The number of nitrogens with zero attached hydrogens (tertiary/aromatic N) is 2. The molecule has 1 N–H and O–H groups in total. The van der Waals surface area contributed by atoms with Gasteiger partial charge in [0.05, 0.1) is 4.92 Å². The van der Waals surface area contributed by atoms with Gasteiger partial charge in [-0.15, -0.1) is 0 Å². The van der Waals surface area contributed by atoms with Crippen molar-refractivity contribution in [2.24, 2.45) is 0 Å². The summed E-state index contributed by atoms with van der Waals surface area (Å²) >= 11 is 0. The lowest BCUT2D eigenvalue weighted by molar-refractivity contribution is -0.385. The van der Waals surface area contributed by atoms with Gasteiger partial charge in [-0.05, 0) is 32.3 Å².